The summed E-state index contributed by atoms with van der Waals surface area (Å²) < 4.78 is 6.47. The van der Waals surface area contributed by atoms with E-state index in [-0.39, 0.29) is 24.5 Å². The van der Waals surface area contributed by atoms with Gasteiger partial charge in [0.15, 0.2) is 0 Å². The molecular formula is C24H27N5O3. The van der Waals surface area contributed by atoms with Crippen molar-refractivity contribution in [2.45, 2.75) is 6.04 Å². The second-order valence-corrected chi connectivity index (χ2v) is 7.89. The molecule has 1 fully saturated rings. The molecule has 0 saturated carbocycles. The van der Waals surface area contributed by atoms with Crippen molar-refractivity contribution in [3.63, 3.8) is 0 Å². The Kier molecular flexibility index (Phi) is 6.63. The summed E-state index contributed by atoms with van der Waals surface area (Å²) in [5.41, 5.74) is 3.04. The Morgan fingerprint density at radius 2 is 1.94 bits per heavy atom. The van der Waals surface area contributed by atoms with Crippen LogP contribution in [0, 0.1) is 0 Å². The maximum atomic E-state index is 13.5. The first-order valence-corrected chi connectivity index (χ1v) is 10.5. The van der Waals surface area contributed by atoms with Crippen LogP contribution < -0.4 is 5.32 Å². The second kappa shape index (κ2) is 9.76. The highest BCUT2D eigenvalue weighted by Crippen LogP contribution is 2.27. The number of carbonyl (C=O) groups is 2. The number of ether oxygens (including phenoxy) is 1. The van der Waals surface area contributed by atoms with Crippen LogP contribution >= 0.6 is 0 Å². The van der Waals surface area contributed by atoms with E-state index in [0.29, 0.717) is 17.8 Å². The number of amides is 2. The van der Waals surface area contributed by atoms with E-state index >= 15 is 0 Å². The van der Waals surface area contributed by atoms with E-state index in [1.54, 1.807) is 17.1 Å². The number of likely N-dealkylation sites (N-methyl/N-ethyl adjacent to an activating group) is 1. The number of carbonyl (C=O) groups excluding carboxylic acids is 2. The van der Waals surface area contributed by atoms with Crippen LogP contribution in [0.2, 0.25) is 0 Å². The van der Waals surface area contributed by atoms with Gasteiger partial charge >= 0.3 is 0 Å². The molecule has 2 aromatic carbocycles. The number of hydrogen-bond donors (Lipinski definition) is 1. The molecule has 2 amide bonds. The predicted octanol–water partition coefficient (Wildman–Crippen LogP) is 2.59. The van der Waals surface area contributed by atoms with Crippen molar-refractivity contribution in [2.75, 3.05) is 45.7 Å². The summed E-state index contributed by atoms with van der Waals surface area (Å²) >= 11 is 0. The van der Waals surface area contributed by atoms with Crippen molar-refractivity contribution >= 4 is 17.5 Å². The van der Waals surface area contributed by atoms with Crippen LogP contribution in [0.25, 0.3) is 5.69 Å². The van der Waals surface area contributed by atoms with Gasteiger partial charge in [0.1, 0.15) is 6.61 Å². The Hall–Kier alpha value is -3.49. The number of hydrogen-bond acceptors (Lipinski definition) is 5. The molecule has 3 aromatic rings. The number of aromatic nitrogens is 2. The van der Waals surface area contributed by atoms with Crippen molar-refractivity contribution in [2.24, 2.45) is 0 Å². The van der Waals surface area contributed by atoms with E-state index < -0.39 is 0 Å². The number of nitrogens with zero attached hydrogens (tertiary/aromatic N) is 4. The molecule has 1 aromatic heterocycles. The first-order valence-electron chi connectivity index (χ1n) is 10.5. The van der Waals surface area contributed by atoms with Crippen LogP contribution in [-0.2, 0) is 9.53 Å². The zero-order chi connectivity index (χ0) is 22.5. The molecule has 1 N–H and O–H groups in total. The van der Waals surface area contributed by atoms with Gasteiger partial charge < -0.3 is 19.9 Å². The van der Waals surface area contributed by atoms with Crippen LogP contribution in [0.1, 0.15) is 22.0 Å². The lowest BCUT2D eigenvalue weighted by molar-refractivity contribution is -0.119. The molecule has 1 saturated heterocycles. The average molecular weight is 434 g/mol. The van der Waals surface area contributed by atoms with Crippen LogP contribution in [-0.4, -0.2) is 71.8 Å². The van der Waals surface area contributed by atoms with Gasteiger partial charge in [0.2, 0.25) is 5.91 Å². The molecular weight excluding hydrogens is 406 g/mol. The van der Waals surface area contributed by atoms with Crippen molar-refractivity contribution in [1.29, 1.82) is 0 Å². The van der Waals surface area contributed by atoms with Gasteiger partial charge in [-0.1, -0.05) is 36.4 Å². The molecule has 1 aliphatic rings. The number of rotatable bonds is 6. The third-order valence-electron chi connectivity index (χ3n) is 5.53. The number of piperazine rings is 1. The highest BCUT2D eigenvalue weighted by molar-refractivity contribution is 5.95. The summed E-state index contributed by atoms with van der Waals surface area (Å²) in [5.74, 6) is -0.257. The van der Waals surface area contributed by atoms with E-state index in [2.05, 4.69) is 34.5 Å². The monoisotopic (exact) mass is 433 g/mol. The Morgan fingerprint density at radius 1 is 1.12 bits per heavy atom. The van der Waals surface area contributed by atoms with Crippen molar-refractivity contribution in [3.05, 3.63) is 78.1 Å². The minimum atomic E-state index is -0.252. The zero-order valence-corrected chi connectivity index (χ0v) is 18.3. The van der Waals surface area contributed by atoms with E-state index in [9.17, 15) is 9.59 Å². The quantitative estimate of drug-likeness (QED) is 0.646. The van der Waals surface area contributed by atoms with Gasteiger partial charge in [-0.25, -0.2) is 4.68 Å². The first kappa shape index (κ1) is 21.7. The number of nitrogens with one attached hydrogen (secondary N) is 1. The normalized spacial score (nSPS) is 16.7. The van der Waals surface area contributed by atoms with Gasteiger partial charge in [-0.15, -0.1) is 0 Å². The molecule has 166 valence electrons. The first-order chi connectivity index (χ1) is 15.5. The van der Waals surface area contributed by atoms with Crippen molar-refractivity contribution in [1.82, 2.24) is 19.6 Å². The maximum absolute atomic E-state index is 13.5. The van der Waals surface area contributed by atoms with Crippen molar-refractivity contribution in [3.8, 4) is 5.69 Å². The van der Waals surface area contributed by atoms with E-state index in [4.69, 9.17) is 4.74 Å². The largest absolute Gasteiger partial charge is 0.375 e. The van der Waals surface area contributed by atoms with E-state index in [1.807, 2.05) is 47.4 Å². The molecule has 8 nitrogen and oxygen atoms in total. The van der Waals surface area contributed by atoms with Crippen LogP contribution in [0.15, 0.2) is 67.0 Å². The SMILES string of the molecule is COCC(=O)Nc1cnn(-c2cccc(C(=O)N3CCN(C)C[C@@H]3c3ccccc3)c2)c1. The molecule has 0 radical (unpaired) electrons. The molecule has 0 bridgehead atoms. The number of benzene rings is 2. The molecule has 0 spiro atoms. The molecule has 4 rings (SSSR count). The standard InChI is InChI=1S/C24H27N5O3/c1-27-11-12-28(22(16-27)18-7-4-3-5-8-18)24(31)19-9-6-10-21(13-19)29-15-20(14-25-29)26-23(30)17-32-2/h3-10,13-15,22H,11-12,16-17H2,1-2H3,(H,26,30)/t22-/m1/s1. The molecule has 8 heteroatoms. The fourth-order valence-electron chi connectivity index (χ4n) is 3.93. The third-order valence-corrected chi connectivity index (χ3v) is 5.53. The van der Waals surface area contributed by atoms with Gasteiger partial charge in [0, 0.05) is 32.3 Å². The van der Waals surface area contributed by atoms with Gasteiger partial charge in [-0.05, 0) is 30.8 Å². The highest BCUT2D eigenvalue weighted by atomic mass is 16.5. The number of methoxy groups -OCH3 is 1. The summed E-state index contributed by atoms with van der Waals surface area (Å²) in [6, 6.07) is 17.5. The van der Waals surface area contributed by atoms with Crippen LogP contribution in [0.5, 0.6) is 0 Å². The minimum Gasteiger partial charge on any atom is -0.375 e. The Balaban J connectivity index is 1.55. The topological polar surface area (TPSA) is 79.7 Å². The molecule has 0 aliphatic carbocycles. The third kappa shape index (κ3) is 4.87. The minimum absolute atomic E-state index is 0.00147. The lowest BCUT2D eigenvalue weighted by Crippen LogP contribution is -2.49. The van der Waals surface area contributed by atoms with E-state index in [0.717, 1.165) is 24.3 Å². The number of anilines is 1. The summed E-state index contributed by atoms with van der Waals surface area (Å²) in [6.45, 7) is 2.26. The fraction of sp³-hybridized carbons (Fsp3) is 0.292. The van der Waals surface area contributed by atoms with Gasteiger partial charge in [0.25, 0.3) is 5.91 Å². The lowest BCUT2D eigenvalue weighted by atomic mass is 10.0. The van der Waals surface area contributed by atoms with Crippen molar-refractivity contribution < 1.29 is 14.3 Å². The van der Waals surface area contributed by atoms with Gasteiger partial charge in [-0.2, -0.15) is 5.10 Å². The van der Waals surface area contributed by atoms with E-state index in [1.165, 1.54) is 7.11 Å². The smallest absolute Gasteiger partial charge is 0.254 e. The Labute approximate surface area is 187 Å². The summed E-state index contributed by atoms with van der Waals surface area (Å²) in [7, 11) is 3.55. The van der Waals surface area contributed by atoms with Crippen LogP contribution in [0.3, 0.4) is 0 Å². The average Bonchev–Trinajstić information content (AvgIpc) is 3.28. The Morgan fingerprint density at radius 3 is 2.72 bits per heavy atom. The fourth-order valence-corrected chi connectivity index (χ4v) is 3.93. The second-order valence-electron chi connectivity index (χ2n) is 7.89. The summed E-state index contributed by atoms with van der Waals surface area (Å²) in [6.07, 6.45) is 3.27. The molecule has 2 heterocycles. The molecule has 1 aliphatic heterocycles. The highest BCUT2D eigenvalue weighted by Gasteiger charge is 2.30. The van der Waals surface area contributed by atoms with Gasteiger partial charge in [0.05, 0.1) is 29.8 Å². The lowest BCUT2D eigenvalue weighted by Gasteiger charge is -2.40. The maximum Gasteiger partial charge on any atom is 0.254 e. The van der Waals surface area contributed by atoms with Gasteiger partial charge in [-0.3, -0.25) is 9.59 Å². The Bertz CT molecular complexity index is 1080. The molecule has 32 heavy (non-hydrogen) atoms. The predicted molar refractivity (Wildman–Crippen MR) is 122 cm³/mol. The molecule has 1 atom stereocenters. The van der Waals surface area contributed by atoms with Crippen LogP contribution in [0.4, 0.5) is 5.69 Å². The summed E-state index contributed by atoms with van der Waals surface area (Å²) in [5, 5.41) is 7.04. The summed E-state index contributed by atoms with van der Waals surface area (Å²) in [4.78, 5) is 29.4. The molecule has 0 unspecified atom stereocenters. The zero-order valence-electron chi connectivity index (χ0n) is 18.3.